The van der Waals surface area contributed by atoms with Crippen LogP contribution in [0.15, 0.2) is 72.8 Å². The number of nitrogens with zero attached hydrogens (tertiary/aromatic N) is 1. The van der Waals surface area contributed by atoms with Crippen LogP contribution >= 0.6 is 0 Å². The van der Waals surface area contributed by atoms with Gasteiger partial charge in [-0.25, -0.2) is 8.42 Å². The highest BCUT2D eigenvalue weighted by Crippen LogP contribution is 2.35. The van der Waals surface area contributed by atoms with Crippen molar-refractivity contribution in [3.8, 4) is 11.5 Å². The van der Waals surface area contributed by atoms with Crippen molar-refractivity contribution in [2.75, 3.05) is 23.8 Å². The van der Waals surface area contributed by atoms with Crippen LogP contribution in [0, 0.1) is 6.92 Å². The Morgan fingerprint density at radius 1 is 0.941 bits per heavy atom. The van der Waals surface area contributed by atoms with Gasteiger partial charge in [0.1, 0.15) is 19.3 Å². The summed E-state index contributed by atoms with van der Waals surface area (Å²) >= 11 is 0. The van der Waals surface area contributed by atoms with Crippen molar-refractivity contribution in [2.45, 2.75) is 25.9 Å². The fourth-order valence-electron chi connectivity index (χ4n) is 4.14. The van der Waals surface area contributed by atoms with Gasteiger partial charge in [0.15, 0.2) is 11.5 Å². The van der Waals surface area contributed by atoms with E-state index in [1.54, 1.807) is 25.1 Å². The fraction of sp³-hybridized carbons (Fsp3) is 0.269. The lowest BCUT2D eigenvalue weighted by molar-refractivity contribution is -0.122. The van der Waals surface area contributed by atoms with Crippen molar-refractivity contribution in [2.24, 2.45) is 0 Å². The monoisotopic (exact) mass is 480 g/mol. The molecular formula is C26H28N2O5S. The maximum atomic E-state index is 13.5. The molecule has 4 rings (SSSR count). The number of anilines is 1. The topological polar surface area (TPSA) is 84.9 Å². The molecule has 7 nitrogen and oxygen atoms in total. The number of fused-ring (bicyclic) bond motifs is 1. The SMILES string of the molecule is Cc1ccccc1[C@H](NC(=O)[C@H](C)N(c1ccc2c(c1)OCCO2)S(C)(=O)=O)c1ccccc1. The van der Waals surface area contributed by atoms with Gasteiger partial charge in [-0.1, -0.05) is 54.6 Å². The minimum absolute atomic E-state index is 0.335. The first-order chi connectivity index (χ1) is 16.3. The van der Waals surface area contributed by atoms with Crippen molar-refractivity contribution in [1.29, 1.82) is 0 Å². The van der Waals surface area contributed by atoms with Gasteiger partial charge in [0.2, 0.25) is 15.9 Å². The van der Waals surface area contributed by atoms with E-state index in [0.717, 1.165) is 27.3 Å². The predicted octanol–water partition coefficient (Wildman–Crippen LogP) is 3.83. The maximum Gasteiger partial charge on any atom is 0.244 e. The first kappa shape index (κ1) is 23.6. The molecule has 1 N–H and O–H groups in total. The van der Waals surface area contributed by atoms with Gasteiger partial charge in [0.05, 0.1) is 18.0 Å². The van der Waals surface area contributed by atoms with Crippen LogP contribution in [0.4, 0.5) is 5.69 Å². The molecule has 34 heavy (non-hydrogen) atoms. The third-order valence-corrected chi connectivity index (χ3v) is 7.03. The number of nitrogens with one attached hydrogen (secondary N) is 1. The van der Waals surface area contributed by atoms with E-state index in [1.165, 1.54) is 0 Å². The summed E-state index contributed by atoms with van der Waals surface area (Å²) in [5.41, 5.74) is 3.21. The first-order valence-electron chi connectivity index (χ1n) is 11.1. The van der Waals surface area contributed by atoms with E-state index in [9.17, 15) is 13.2 Å². The highest BCUT2D eigenvalue weighted by Gasteiger charge is 2.32. The van der Waals surface area contributed by atoms with Crippen LogP contribution in [-0.2, 0) is 14.8 Å². The summed E-state index contributed by atoms with van der Waals surface area (Å²) in [4.78, 5) is 13.5. The molecule has 0 saturated heterocycles. The number of aryl methyl sites for hydroxylation is 1. The highest BCUT2D eigenvalue weighted by atomic mass is 32.2. The van der Waals surface area contributed by atoms with Gasteiger partial charge in [0, 0.05) is 6.07 Å². The lowest BCUT2D eigenvalue weighted by Crippen LogP contribution is -2.48. The van der Waals surface area contributed by atoms with Crippen LogP contribution in [0.2, 0.25) is 0 Å². The summed E-state index contributed by atoms with van der Waals surface area (Å²) in [6.07, 6.45) is 1.09. The standard InChI is InChI=1S/C26H28N2O5S/c1-18-9-7-8-12-22(18)25(20-10-5-4-6-11-20)27-26(29)19(2)28(34(3,30)31)21-13-14-23-24(17-21)33-16-15-32-23/h4-14,17,19,25H,15-16H2,1-3H3,(H,27,29)/t19-,25+/m0/s1. The third kappa shape index (κ3) is 5.02. The van der Waals surface area contributed by atoms with E-state index >= 15 is 0 Å². The molecule has 3 aromatic rings. The molecule has 0 aliphatic carbocycles. The number of carbonyl (C=O) groups is 1. The Balaban J connectivity index is 1.67. The van der Waals surface area contributed by atoms with Gasteiger partial charge in [-0.3, -0.25) is 9.10 Å². The van der Waals surface area contributed by atoms with Gasteiger partial charge in [-0.2, -0.15) is 0 Å². The Hall–Kier alpha value is -3.52. The zero-order valence-electron chi connectivity index (χ0n) is 19.4. The molecule has 1 heterocycles. The second-order valence-corrected chi connectivity index (χ2v) is 10.1. The normalized spacial score (nSPS) is 14.7. The van der Waals surface area contributed by atoms with Crippen LogP contribution in [0.1, 0.15) is 29.7 Å². The third-order valence-electron chi connectivity index (χ3n) is 5.79. The molecule has 1 aliphatic heterocycles. The van der Waals surface area contributed by atoms with Crippen LogP contribution < -0.4 is 19.1 Å². The average Bonchev–Trinajstić information content (AvgIpc) is 2.82. The van der Waals surface area contributed by atoms with E-state index in [4.69, 9.17) is 9.47 Å². The first-order valence-corrected chi connectivity index (χ1v) is 12.9. The van der Waals surface area contributed by atoms with Crippen molar-refractivity contribution in [3.63, 3.8) is 0 Å². The van der Waals surface area contributed by atoms with Gasteiger partial charge < -0.3 is 14.8 Å². The van der Waals surface area contributed by atoms with E-state index in [0.29, 0.717) is 30.4 Å². The van der Waals surface area contributed by atoms with Crippen LogP contribution in [0.25, 0.3) is 0 Å². The predicted molar refractivity (Wildman–Crippen MR) is 132 cm³/mol. The minimum atomic E-state index is -3.79. The van der Waals surface area contributed by atoms with Gasteiger partial charge in [-0.05, 0) is 42.7 Å². The minimum Gasteiger partial charge on any atom is -0.486 e. The van der Waals surface area contributed by atoms with Crippen LogP contribution in [0.5, 0.6) is 11.5 Å². The zero-order chi connectivity index (χ0) is 24.3. The molecule has 0 radical (unpaired) electrons. The van der Waals surface area contributed by atoms with Gasteiger partial charge >= 0.3 is 0 Å². The molecular weight excluding hydrogens is 452 g/mol. The van der Waals surface area contributed by atoms with E-state index < -0.39 is 28.0 Å². The van der Waals surface area contributed by atoms with Gasteiger partial charge in [0.25, 0.3) is 0 Å². The Bertz CT molecular complexity index is 1280. The molecule has 178 valence electrons. The fourth-order valence-corrected chi connectivity index (χ4v) is 5.30. The Kier molecular flexibility index (Phi) is 6.79. The molecule has 1 amide bonds. The number of sulfonamides is 1. The van der Waals surface area contributed by atoms with Crippen LogP contribution in [-0.4, -0.2) is 39.8 Å². The molecule has 3 aromatic carbocycles. The molecule has 0 bridgehead atoms. The van der Waals surface area contributed by atoms with E-state index in [2.05, 4.69) is 5.32 Å². The number of carbonyl (C=O) groups excluding carboxylic acids is 1. The zero-order valence-corrected chi connectivity index (χ0v) is 20.2. The molecule has 2 atom stereocenters. The Labute approximate surface area is 200 Å². The summed E-state index contributed by atoms with van der Waals surface area (Å²) in [5.74, 6) is 0.578. The molecule has 0 fully saturated rings. The second kappa shape index (κ2) is 9.77. The van der Waals surface area contributed by atoms with Crippen molar-refractivity contribution in [1.82, 2.24) is 5.32 Å². The maximum absolute atomic E-state index is 13.5. The number of benzene rings is 3. The summed E-state index contributed by atoms with van der Waals surface area (Å²) in [6.45, 7) is 4.37. The Morgan fingerprint density at radius 3 is 2.26 bits per heavy atom. The second-order valence-electron chi connectivity index (χ2n) is 8.27. The van der Waals surface area contributed by atoms with Crippen molar-refractivity contribution >= 4 is 21.6 Å². The number of amides is 1. The average molecular weight is 481 g/mol. The smallest absolute Gasteiger partial charge is 0.244 e. The number of hydrogen-bond donors (Lipinski definition) is 1. The molecule has 1 aliphatic rings. The summed E-state index contributed by atoms with van der Waals surface area (Å²) in [6, 6.07) is 20.9. The lowest BCUT2D eigenvalue weighted by atomic mass is 9.94. The molecule has 0 unspecified atom stereocenters. The lowest BCUT2D eigenvalue weighted by Gasteiger charge is -2.31. The summed E-state index contributed by atoms with van der Waals surface area (Å²) < 4.78 is 37.9. The molecule has 8 heteroatoms. The quantitative estimate of drug-likeness (QED) is 0.556. The van der Waals surface area contributed by atoms with E-state index in [-0.39, 0.29) is 0 Å². The van der Waals surface area contributed by atoms with Crippen LogP contribution in [0.3, 0.4) is 0 Å². The number of hydrogen-bond acceptors (Lipinski definition) is 5. The largest absolute Gasteiger partial charge is 0.486 e. The molecule has 0 saturated carbocycles. The summed E-state index contributed by atoms with van der Waals surface area (Å²) in [7, 11) is -3.79. The van der Waals surface area contributed by atoms with Gasteiger partial charge in [-0.15, -0.1) is 0 Å². The Morgan fingerprint density at radius 2 is 1.59 bits per heavy atom. The number of rotatable bonds is 7. The molecule has 0 aromatic heterocycles. The van der Waals surface area contributed by atoms with E-state index in [1.807, 2.05) is 61.5 Å². The van der Waals surface area contributed by atoms with Crippen molar-refractivity contribution in [3.05, 3.63) is 89.5 Å². The number of ether oxygens (including phenoxy) is 2. The van der Waals surface area contributed by atoms with Crippen molar-refractivity contribution < 1.29 is 22.7 Å². The highest BCUT2D eigenvalue weighted by molar-refractivity contribution is 7.92. The summed E-state index contributed by atoms with van der Waals surface area (Å²) in [5, 5.41) is 3.07. The molecule has 0 spiro atoms.